The molecule has 1 N–H and O–H groups in total. The number of hydrogen-bond acceptors (Lipinski definition) is 3. The highest BCUT2D eigenvalue weighted by Crippen LogP contribution is 2.37. The molecular formula is C28H21FN2O2. The highest BCUT2D eigenvalue weighted by molar-refractivity contribution is 6.47. The third-order valence-electron chi connectivity index (χ3n) is 5.72. The largest absolute Gasteiger partial charge is 0.350 e. The summed E-state index contributed by atoms with van der Waals surface area (Å²) in [4.78, 5) is 28.6. The molecule has 5 rings (SSSR count). The minimum atomic E-state index is -0.449. The van der Waals surface area contributed by atoms with Gasteiger partial charge in [0.2, 0.25) is 0 Å². The summed E-state index contributed by atoms with van der Waals surface area (Å²) < 4.78 is 13.6. The van der Waals surface area contributed by atoms with Crippen LogP contribution in [0.4, 0.5) is 15.8 Å². The van der Waals surface area contributed by atoms with Crippen molar-refractivity contribution in [1.29, 1.82) is 0 Å². The first-order chi connectivity index (χ1) is 15.9. The Morgan fingerprint density at radius 2 is 1.42 bits per heavy atom. The summed E-state index contributed by atoms with van der Waals surface area (Å²) in [6.07, 6.45) is 0. The quantitative estimate of drug-likeness (QED) is 0.400. The number of fused-ring (bicyclic) bond motifs is 1. The summed E-state index contributed by atoms with van der Waals surface area (Å²) in [6, 6.07) is 24.6. The first kappa shape index (κ1) is 20.6. The third kappa shape index (κ3) is 3.68. The normalized spacial score (nSPS) is 13.8. The van der Waals surface area contributed by atoms with E-state index in [0.29, 0.717) is 16.9 Å². The van der Waals surface area contributed by atoms with E-state index >= 15 is 0 Å². The summed E-state index contributed by atoms with van der Waals surface area (Å²) in [5, 5.41) is 4.91. The SMILES string of the molecule is Cc1cc(C)cc(NC2=C(c3ccc(F)cc3)C(=O)N(c3cccc4ccccc34)C2=O)c1. The van der Waals surface area contributed by atoms with Crippen molar-refractivity contribution in [2.24, 2.45) is 0 Å². The number of aryl methyl sites for hydroxylation is 2. The van der Waals surface area contributed by atoms with Crippen LogP contribution in [0.25, 0.3) is 16.3 Å². The topological polar surface area (TPSA) is 49.4 Å². The van der Waals surface area contributed by atoms with Crippen LogP contribution in [0.3, 0.4) is 0 Å². The van der Waals surface area contributed by atoms with Crippen LogP contribution >= 0.6 is 0 Å². The number of anilines is 2. The Balaban J connectivity index is 1.67. The lowest BCUT2D eigenvalue weighted by Gasteiger charge is -2.18. The number of halogens is 1. The Morgan fingerprint density at radius 3 is 2.15 bits per heavy atom. The summed E-state index contributed by atoms with van der Waals surface area (Å²) >= 11 is 0. The number of carbonyl (C=O) groups is 2. The van der Waals surface area contributed by atoms with Gasteiger partial charge in [-0.05, 0) is 66.3 Å². The van der Waals surface area contributed by atoms with Crippen molar-refractivity contribution in [3.8, 4) is 0 Å². The third-order valence-corrected chi connectivity index (χ3v) is 5.72. The van der Waals surface area contributed by atoms with Crippen LogP contribution in [-0.4, -0.2) is 11.8 Å². The molecule has 5 heteroatoms. The number of nitrogens with zero attached hydrogens (tertiary/aromatic N) is 1. The molecule has 4 nitrogen and oxygen atoms in total. The molecule has 0 radical (unpaired) electrons. The van der Waals surface area contributed by atoms with E-state index in [1.54, 1.807) is 6.07 Å². The molecule has 1 heterocycles. The van der Waals surface area contributed by atoms with E-state index < -0.39 is 17.6 Å². The van der Waals surface area contributed by atoms with E-state index in [2.05, 4.69) is 5.32 Å². The second kappa shape index (κ2) is 8.02. The fourth-order valence-corrected chi connectivity index (χ4v) is 4.34. The van der Waals surface area contributed by atoms with Crippen LogP contribution < -0.4 is 10.2 Å². The molecule has 0 saturated heterocycles. The number of amides is 2. The van der Waals surface area contributed by atoms with Crippen LogP contribution in [0.1, 0.15) is 16.7 Å². The molecule has 1 aliphatic rings. The smallest absolute Gasteiger partial charge is 0.282 e. The van der Waals surface area contributed by atoms with Crippen molar-refractivity contribution < 1.29 is 14.0 Å². The number of rotatable bonds is 4. The van der Waals surface area contributed by atoms with Gasteiger partial charge in [0.1, 0.15) is 11.5 Å². The summed E-state index contributed by atoms with van der Waals surface area (Å²) in [7, 11) is 0. The summed E-state index contributed by atoms with van der Waals surface area (Å²) in [5.41, 5.74) is 4.15. The number of imide groups is 1. The van der Waals surface area contributed by atoms with Crippen molar-refractivity contribution in [2.45, 2.75) is 13.8 Å². The van der Waals surface area contributed by atoms with Crippen molar-refractivity contribution in [3.05, 3.63) is 113 Å². The maximum absolute atomic E-state index is 13.7. The van der Waals surface area contributed by atoms with Gasteiger partial charge in [-0.2, -0.15) is 0 Å². The van der Waals surface area contributed by atoms with Gasteiger partial charge in [-0.15, -0.1) is 0 Å². The van der Waals surface area contributed by atoms with Gasteiger partial charge in [-0.25, -0.2) is 9.29 Å². The first-order valence-electron chi connectivity index (χ1n) is 10.6. The van der Waals surface area contributed by atoms with Gasteiger partial charge in [0.25, 0.3) is 11.8 Å². The Labute approximate surface area is 191 Å². The maximum Gasteiger partial charge on any atom is 0.282 e. The van der Waals surface area contributed by atoms with Crippen LogP contribution in [-0.2, 0) is 9.59 Å². The zero-order valence-corrected chi connectivity index (χ0v) is 18.2. The Bertz CT molecular complexity index is 1430. The first-order valence-corrected chi connectivity index (χ1v) is 10.6. The van der Waals surface area contributed by atoms with Crippen LogP contribution in [0.5, 0.6) is 0 Å². The number of hydrogen-bond donors (Lipinski definition) is 1. The number of carbonyl (C=O) groups excluding carboxylic acids is 2. The second-order valence-corrected chi connectivity index (χ2v) is 8.20. The number of nitrogens with one attached hydrogen (secondary N) is 1. The van der Waals surface area contributed by atoms with Gasteiger partial charge >= 0.3 is 0 Å². The minimum absolute atomic E-state index is 0.171. The van der Waals surface area contributed by atoms with Crippen LogP contribution in [0.2, 0.25) is 0 Å². The molecule has 0 aromatic heterocycles. The van der Waals surface area contributed by atoms with Crippen LogP contribution in [0, 0.1) is 19.7 Å². The summed E-state index contributed by atoms with van der Waals surface area (Å²) in [6.45, 7) is 3.94. The highest BCUT2D eigenvalue weighted by Gasteiger charge is 2.40. The predicted molar refractivity (Wildman–Crippen MR) is 129 cm³/mol. The molecule has 0 saturated carbocycles. The Kier molecular flexibility index (Phi) is 5.02. The van der Waals surface area contributed by atoms with Gasteiger partial charge in [-0.1, -0.05) is 54.6 Å². The average Bonchev–Trinajstić information content (AvgIpc) is 3.02. The molecule has 0 bridgehead atoms. The zero-order chi connectivity index (χ0) is 23.1. The van der Waals surface area contributed by atoms with Crippen molar-refractivity contribution in [1.82, 2.24) is 0 Å². The standard InChI is InChI=1S/C28H21FN2O2/c1-17-14-18(2)16-22(15-17)30-26-25(20-10-12-21(29)13-11-20)27(32)31(28(26)33)24-9-5-7-19-6-3-4-8-23(19)24/h3-16,30H,1-2H3. The van der Waals surface area contributed by atoms with Crippen LogP contribution in [0.15, 0.2) is 90.6 Å². The molecule has 33 heavy (non-hydrogen) atoms. The van der Waals surface area contributed by atoms with Gasteiger partial charge in [0.15, 0.2) is 0 Å². The molecule has 2 amide bonds. The van der Waals surface area contributed by atoms with E-state index in [0.717, 1.165) is 21.9 Å². The van der Waals surface area contributed by atoms with Gasteiger partial charge in [0.05, 0.1) is 11.3 Å². The second-order valence-electron chi connectivity index (χ2n) is 8.20. The maximum atomic E-state index is 13.7. The Morgan fingerprint density at radius 1 is 0.758 bits per heavy atom. The molecule has 0 aliphatic carbocycles. The molecule has 4 aromatic carbocycles. The molecule has 0 spiro atoms. The molecule has 1 aliphatic heterocycles. The van der Waals surface area contributed by atoms with Gasteiger partial charge < -0.3 is 5.32 Å². The molecule has 162 valence electrons. The average molecular weight is 436 g/mol. The molecular weight excluding hydrogens is 415 g/mol. The molecule has 0 unspecified atom stereocenters. The molecule has 0 atom stereocenters. The fourth-order valence-electron chi connectivity index (χ4n) is 4.34. The highest BCUT2D eigenvalue weighted by atomic mass is 19.1. The predicted octanol–water partition coefficient (Wildman–Crippen LogP) is 5.99. The van der Waals surface area contributed by atoms with Crippen molar-refractivity contribution in [2.75, 3.05) is 10.2 Å². The van der Waals surface area contributed by atoms with E-state index in [4.69, 9.17) is 0 Å². The fraction of sp³-hybridized carbons (Fsp3) is 0.0714. The van der Waals surface area contributed by atoms with Crippen molar-refractivity contribution >= 4 is 39.5 Å². The minimum Gasteiger partial charge on any atom is -0.350 e. The monoisotopic (exact) mass is 436 g/mol. The van der Waals surface area contributed by atoms with E-state index in [9.17, 15) is 14.0 Å². The molecule has 0 fully saturated rings. The van der Waals surface area contributed by atoms with Gasteiger partial charge in [-0.3, -0.25) is 9.59 Å². The lowest BCUT2D eigenvalue weighted by molar-refractivity contribution is -0.120. The Hall–Kier alpha value is -4.25. The van der Waals surface area contributed by atoms with Gasteiger partial charge in [0, 0.05) is 11.1 Å². The lowest BCUT2D eigenvalue weighted by Crippen LogP contribution is -2.32. The zero-order valence-electron chi connectivity index (χ0n) is 18.2. The van der Waals surface area contributed by atoms with Crippen molar-refractivity contribution in [3.63, 3.8) is 0 Å². The van der Waals surface area contributed by atoms with E-state index in [1.807, 2.05) is 68.4 Å². The molecule has 4 aromatic rings. The van der Waals surface area contributed by atoms with E-state index in [1.165, 1.54) is 29.2 Å². The van der Waals surface area contributed by atoms with E-state index in [-0.39, 0.29) is 11.3 Å². The number of benzene rings is 4. The summed E-state index contributed by atoms with van der Waals surface area (Å²) in [5.74, 6) is -1.31. The lowest BCUT2D eigenvalue weighted by atomic mass is 10.0.